The maximum atomic E-state index is 13.5. The minimum atomic E-state index is -0.382. The highest BCUT2D eigenvalue weighted by Crippen LogP contribution is 2.16. The van der Waals surface area contributed by atoms with Crippen LogP contribution in [0.1, 0.15) is 5.56 Å². The number of nitrogens with one attached hydrogen (secondary N) is 1. The number of halogens is 1. The van der Waals surface area contributed by atoms with Gasteiger partial charge in [0.15, 0.2) is 5.11 Å². The van der Waals surface area contributed by atoms with E-state index in [2.05, 4.69) is 11.9 Å². The summed E-state index contributed by atoms with van der Waals surface area (Å²) >= 11 is 5.02. The Morgan fingerprint density at radius 2 is 2.17 bits per heavy atom. The molecule has 0 unspecified atom stereocenters. The highest BCUT2D eigenvalue weighted by molar-refractivity contribution is 7.80. The van der Waals surface area contributed by atoms with Gasteiger partial charge in [0, 0.05) is 12.1 Å². The van der Waals surface area contributed by atoms with Crippen molar-refractivity contribution in [3.63, 3.8) is 0 Å². The van der Waals surface area contributed by atoms with E-state index < -0.39 is 0 Å². The largest absolute Gasteiger partial charge is 0.328 e. The Morgan fingerprint density at radius 1 is 1.44 bits per heavy atom. The lowest BCUT2D eigenvalue weighted by Gasteiger charge is -2.09. The molecular formula is C13H11FN2OS. The van der Waals surface area contributed by atoms with E-state index in [1.165, 1.54) is 17.0 Å². The summed E-state index contributed by atoms with van der Waals surface area (Å²) < 4.78 is 13.5. The molecule has 1 aromatic carbocycles. The summed E-state index contributed by atoms with van der Waals surface area (Å²) in [4.78, 5) is 13.3. The average molecular weight is 262 g/mol. The van der Waals surface area contributed by atoms with E-state index in [9.17, 15) is 9.18 Å². The molecule has 1 amide bonds. The average Bonchev–Trinajstić information content (AvgIpc) is 2.60. The summed E-state index contributed by atoms with van der Waals surface area (Å²) in [5.74, 6) is -0.657. The van der Waals surface area contributed by atoms with Crippen LogP contribution in [0.4, 0.5) is 4.39 Å². The van der Waals surface area contributed by atoms with Gasteiger partial charge in [-0.2, -0.15) is 0 Å². The lowest BCUT2D eigenvalue weighted by molar-refractivity contribution is -0.122. The van der Waals surface area contributed by atoms with Crippen molar-refractivity contribution >= 4 is 29.3 Å². The van der Waals surface area contributed by atoms with Gasteiger partial charge in [-0.25, -0.2) is 4.39 Å². The van der Waals surface area contributed by atoms with Crippen LogP contribution < -0.4 is 5.32 Å². The summed E-state index contributed by atoms with van der Waals surface area (Å²) in [7, 11) is 0. The van der Waals surface area contributed by atoms with Gasteiger partial charge >= 0.3 is 0 Å². The van der Waals surface area contributed by atoms with Gasteiger partial charge in [-0.3, -0.25) is 9.69 Å². The minimum Gasteiger partial charge on any atom is -0.328 e. The Balaban J connectivity index is 2.31. The quantitative estimate of drug-likeness (QED) is 0.514. The highest BCUT2D eigenvalue weighted by Gasteiger charge is 2.29. The summed E-state index contributed by atoms with van der Waals surface area (Å²) in [6, 6.07) is 6.23. The number of hydrogen-bond acceptors (Lipinski definition) is 2. The number of amides is 1. The van der Waals surface area contributed by atoms with E-state index >= 15 is 0 Å². The van der Waals surface area contributed by atoms with Crippen molar-refractivity contribution in [3.8, 4) is 0 Å². The molecule has 0 bridgehead atoms. The van der Waals surface area contributed by atoms with Gasteiger partial charge in [0.2, 0.25) is 0 Å². The SMILES string of the molecule is C=CCN1C(=O)C(=Cc2ccccc2F)NC1=S. The van der Waals surface area contributed by atoms with Crippen LogP contribution in [-0.2, 0) is 4.79 Å². The third-order valence-corrected chi connectivity index (χ3v) is 2.80. The predicted octanol–water partition coefficient (Wildman–Crippen LogP) is 2.07. The molecule has 0 atom stereocenters. The van der Waals surface area contributed by atoms with Crippen molar-refractivity contribution < 1.29 is 9.18 Å². The Morgan fingerprint density at radius 3 is 2.83 bits per heavy atom. The zero-order chi connectivity index (χ0) is 13.1. The number of carbonyl (C=O) groups excluding carboxylic acids is 1. The monoisotopic (exact) mass is 262 g/mol. The molecule has 0 aromatic heterocycles. The second-order valence-electron chi connectivity index (χ2n) is 3.71. The zero-order valence-corrected chi connectivity index (χ0v) is 10.3. The molecule has 1 aliphatic rings. The molecule has 0 aliphatic carbocycles. The van der Waals surface area contributed by atoms with Gasteiger partial charge in [-0.1, -0.05) is 24.3 Å². The highest BCUT2D eigenvalue weighted by atomic mass is 32.1. The molecule has 18 heavy (non-hydrogen) atoms. The number of hydrogen-bond donors (Lipinski definition) is 1. The smallest absolute Gasteiger partial charge is 0.276 e. The summed E-state index contributed by atoms with van der Waals surface area (Å²) in [6.07, 6.45) is 3.03. The lowest BCUT2D eigenvalue weighted by Crippen LogP contribution is -2.30. The number of benzene rings is 1. The normalized spacial score (nSPS) is 17.2. The van der Waals surface area contributed by atoms with E-state index in [0.717, 1.165) is 0 Å². The van der Waals surface area contributed by atoms with Crippen LogP contribution >= 0.6 is 12.2 Å². The molecule has 5 heteroatoms. The molecule has 1 fully saturated rings. The summed E-state index contributed by atoms with van der Waals surface area (Å²) in [6.45, 7) is 3.89. The van der Waals surface area contributed by atoms with Crippen molar-refractivity contribution in [3.05, 3.63) is 54.0 Å². The van der Waals surface area contributed by atoms with Gasteiger partial charge < -0.3 is 5.32 Å². The Bertz CT molecular complexity index is 554. The molecule has 1 heterocycles. The number of rotatable bonds is 3. The standard InChI is InChI=1S/C13H11FN2OS/c1-2-7-16-12(17)11(15-13(16)18)8-9-5-3-4-6-10(9)14/h2-6,8H,1,7H2,(H,15,18). The Hall–Kier alpha value is -2.01. The van der Waals surface area contributed by atoms with E-state index in [1.54, 1.807) is 24.3 Å². The third-order valence-electron chi connectivity index (χ3n) is 2.48. The van der Waals surface area contributed by atoms with Gasteiger partial charge in [-0.15, -0.1) is 6.58 Å². The molecule has 0 saturated carbocycles. The number of carbonyl (C=O) groups is 1. The Kier molecular flexibility index (Phi) is 3.53. The maximum Gasteiger partial charge on any atom is 0.276 e. The summed E-state index contributed by atoms with van der Waals surface area (Å²) in [5.41, 5.74) is 0.614. The van der Waals surface area contributed by atoms with Crippen LogP contribution in [0.3, 0.4) is 0 Å². The fraction of sp³-hybridized carbons (Fsp3) is 0.0769. The first-order valence-electron chi connectivity index (χ1n) is 5.33. The molecule has 1 N–H and O–H groups in total. The van der Waals surface area contributed by atoms with Gasteiger partial charge in [0.25, 0.3) is 5.91 Å². The molecule has 1 aliphatic heterocycles. The first-order chi connectivity index (χ1) is 8.63. The second kappa shape index (κ2) is 5.10. The van der Waals surface area contributed by atoms with Gasteiger partial charge in [-0.05, 0) is 24.4 Å². The first-order valence-corrected chi connectivity index (χ1v) is 5.74. The molecular weight excluding hydrogens is 251 g/mol. The van der Waals surface area contributed by atoms with Crippen LogP contribution in [0.25, 0.3) is 6.08 Å². The van der Waals surface area contributed by atoms with Crippen LogP contribution in [0, 0.1) is 5.82 Å². The maximum absolute atomic E-state index is 13.5. The molecule has 0 radical (unpaired) electrons. The third kappa shape index (κ3) is 2.31. The van der Waals surface area contributed by atoms with Crippen molar-refractivity contribution in [2.75, 3.05) is 6.54 Å². The van der Waals surface area contributed by atoms with E-state index in [-0.39, 0.29) is 17.4 Å². The fourth-order valence-electron chi connectivity index (χ4n) is 1.61. The summed E-state index contributed by atoms with van der Waals surface area (Å²) in [5, 5.41) is 3.08. The topological polar surface area (TPSA) is 32.3 Å². The molecule has 1 saturated heterocycles. The lowest BCUT2D eigenvalue weighted by atomic mass is 10.2. The van der Waals surface area contributed by atoms with Crippen molar-refractivity contribution in [2.24, 2.45) is 0 Å². The fourth-order valence-corrected chi connectivity index (χ4v) is 1.88. The molecule has 1 aromatic rings. The van der Waals surface area contributed by atoms with Crippen LogP contribution in [0.5, 0.6) is 0 Å². The zero-order valence-electron chi connectivity index (χ0n) is 9.52. The molecule has 2 rings (SSSR count). The second-order valence-corrected chi connectivity index (χ2v) is 4.10. The van der Waals surface area contributed by atoms with Crippen molar-refractivity contribution in [1.29, 1.82) is 0 Å². The van der Waals surface area contributed by atoms with E-state index in [1.807, 2.05) is 0 Å². The minimum absolute atomic E-state index is 0.270. The van der Waals surface area contributed by atoms with Crippen LogP contribution in [-0.4, -0.2) is 22.5 Å². The van der Waals surface area contributed by atoms with Gasteiger partial charge in [0.1, 0.15) is 11.5 Å². The molecule has 92 valence electrons. The predicted molar refractivity (Wildman–Crippen MR) is 72.0 cm³/mol. The molecule has 0 spiro atoms. The number of thiocarbonyl (C=S) groups is 1. The number of nitrogens with zero attached hydrogens (tertiary/aromatic N) is 1. The molecule has 3 nitrogen and oxygen atoms in total. The van der Waals surface area contributed by atoms with E-state index in [0.29, 0.717) is 17.2 Å². The van der Waals surface area contributed by atoms with E-state index in [4.69, 9.17) is 12.2 Å². The van der Waals surface area contributed by atoms with Crippen LogP contribution in [0.2, 0.25) is 0 Å². The van der Waals surface area contributed by atoms with Gasteiger partial charge in [0.05, 0.1) is 0 Å². The van der Waals surface area contributed by atoms with Crippen LogP contribution in [0.15, 0.2) is 42.6 Å². The Labute approximate surface area is 110 Å². The van der Waals surface area contributed by atoms with Crippen molar-refractivity contribution in [1.82, 2.24) is 10.2 Å². The van der Waals surface area contributed by atoms with Crippen molar-refractivity contribution in [2.45, 2.75) is 0 Å². The first kappa shape index (κ1) is 12.4.